The van der Waals surface area contributed by atoms with Crippen LogP contribution < -0.4 is 5.32 Å². The third-order valence-electron chi connectivity index (χ3n) is 5.61. The number of ether oxygens (including phenoxy) is 1. The van der Waals surface area contributed by atoms with Crippen molar-refractivity contribution in [1.82, 2.24) is 10.2 Å². The van der Waals surface area contributed by atoms with E-state index in [9.17, 15) is 9.18 Å². The van der Waals surface area contributed by atoms with Crippen molar-refractivity contribution in [2.24, 2.45) is 5.92 Å². The molecule has 1 amide bonds. The van der Waals surface area contributed by atoms with E-state index in [4.69, 9.17) is 4.74 Å². The number of amides is 1. The minimum Gasteiger partial charge on any atom is -0.376 e. The molecule has 1 N–H and O–H groups in total. The maximum absolute atomic E-state index is 12.9. The summed E-state index contributed by atoms with van der Waals surface area (Å²) in [4.78, 5) is 14.5. The van der Waals surface area contributed by atoms with E-state index in [0.717, 1.165) is 19.6 Å². The Bertz CT molecular complexity index is 799. The number of nitrogens with zero attached hydrogens (tertiary/aromatic N) is 1. The standard InChI is InChI=1S/C21H23FN2O2.ClH/c1-26-20-17-5-3-2-4-16(17)18-12-24(13-19(18)20)11-10-23-21(25)14-6-8-15(22)9-7-14;/h2-9,18-20H,10-13H2,1H3,(H,23,25);1H. The van der Waals surface area contributed by atoms with Crippen molar-refractivity contribution >= 4 is 18.3 Å². The molecular formula is C21H24ClFN2O2. The lowest BCUT2D eigenvalue weighted by Crippen LogP contribution is -2.34. The monoisotopic (exact) mass is 390 g/mol. The number of halogens is 2. The number of rotatable bonds is 5. The second-order valence-electron chi connectivity index (χ2n) is 7.08. The van der Waals surface area contributed by atoms with Gasteiger partial charge in [-0.1, -0.05) is 24.3 Å². The average Bonchev–Trinajstić information content (AvgIpc) is 3.18. The summed E-state index contributed by atoms with van der Waals surface area (Å²) in [5.74, 6) is 0.483. The smallest absolute Gasteiger partial charge is 0.251 e. The first kappa shape index (κ1) is 19.8. The van der Waals surface area contributed by atoms with Crippen LogP contribution in [0.15, 0.2) is 48.5 Å². The Morgan fingerprint density at radius 1 is 1.15 bits per heavy atom. The maximum atomic E-state index is 12.9. The molecule has 0 saturated carbocycles. The third kappa shape index (κ3) is 3.86. The summed E-state index contributed by atoms with van der Waals surface area (Å²) in [6, 6.07) is 14.2. The highest BCUT2D eigenvalue weighted by molar-refractivity contribution is 5.94. The second kappa shape index (κ2) is 8.38. The van der Waals surface area contributed by atoms with Crippen LogP contribution in [0.2, 0.25) is 0 Å². The lowest BCUT2D eigenvalue weighted by molar-refractivity contribution is 0.0603. The summed E-state index contributed by atoms with van der Waals surface area (Å²) < 4.78 is 18.7. The van der Waals surface area contributed by atoms with Gasteiger partial charge in [-0.05, 0) is 35.4 Å². The molecule has 144 valence electrons. The molecule has 1 aliphatic carbocycles. The van der Waals surface area contributed by atoms with Gasteiger partial charge in [0.2, 0.25) is 0 Å². The molecule has 1 saturated heterocycles. The van der Waals surface area contributed by atoms with Gasteiger partial charge in [-0.2, -0.15) is 0 Å². The molecule has 3 unspecified atom stereocenters. The minimum absolute atomic E-state index is 0. The van der Waals surface area contributed by atoms with Crippen molar-refractivity contribution in [2.45, 2.75) is 12.0 Å². The van der Waals surface area contributed by atoms with E-state index < -0.39 is 0 Å². The Labute approximate surface area is 165 Å². The van der Waals surface area contributed by atoms with Gasteiger partial charge in [-0.15, -0.1) is 12.4 Å². The van der Waals surface area contributed by atoms with Crippen LogP contribution in [0.3, 0.4) is 0 Å². The van der Waals surface area contributed by atoms with Crippen LogP contribution in [0, 0.1) is 11.7 Å². The maximum Gasteiger partial charge on any atom is 0.251 e. The van der Waals surface area contributed by atoms with Crippen molar-refractivity contribution in [1.29, 1.82) is 0 Å². The number of fused-ring (bicyclic) bond motifs is 3. The lowest BCUT2D eigenvalue weighted by Gasteiger charge is -2.20. The Kier molecular flexibility index (Phi) is 6.15. The van der Waals surface area contributed by atoms with E-state index in [2.05, 4.69) is 34.5 Å². The molecule has 6 heteroatoms. The van der Waals surface area contributed by atoms with Crippen molar-refractivity contribution < 1.29 is 13.9 Å². The molecule has 1 heterocycles. The topological polar surface area (TPSA) is 41.6 Å². The summed E-state index contributed by atoms with van der Waals surface area (Å²) in [5, 5.41) is 2.92. The van der Waals surface area contributed by atoms with E-state index >= 15 is 0 Å². The van der Waals surface area contributed by atoms with E-state index in [1.54, 1.807) is 7.11 Å². The number of methoxy groups -OCH3 is 1. The third-order valence-corrected chi connectivity index (χ3v) is 5.61. The van der Waals surface area contributed by atoms with Crippen molar-refractivity contribution in [3.63, 3.8) is 0 Å². The Morgan fingerprint density at radius 2 is 1.85 bits per heavy atom. The molecule has 4 rings (SSSR count). The van der Waals surface area contributed by atoms with E-state index in [1.807, 2.05) is 0 Å². The lowest BCUT2D eigenvalue weighted by atomic mass is 9.96. The van der Waals surface area contributed by atoms with Gasteiger partial charge in [0.15, 0.2) is 0 Å². The Balaban J connectivity index is 0.00000210. The number of hydrogen-bond acceptors (Lipinski definition) is 3. The summed E-state index contributed by atoms with van der Waals surface area (Å²) in [5.41, 5.74) is 3.22. The predicted molar refractivity (Wildman–Crippen MR) is 105 cm³/mol. The van der Waals surface area contributed by atoms with Gasteiger partial charge in [-0.25, -0.2) is 4.39 Å². The zero-order valence-electron chi connectivity index (χ0n) is 15.2. The van der Waals surface area contributed by atoms with Gasteiger partial charge >= 0.3 is 0 Å². The van der Waals surface area contributed by atoms with Gasteiger partial charge in [0.05, 0.1) is 6.10 Å². The first-order valence-electron chi connectivity index (χ1n) is 9.05. The fourth-order valence-electron chi connectivity index (χ4n) is 4.40. The number of benzene rings is 2. The summed E-state index contributed by atoms with van der Waals surface area (Å²) in [6.45, 7) is 3.35. The number of hydrogen-bond donors (Lipinski definition) is 1. The normalized spacial score (nSPS) is 23.4. The zero-order chi connectivity index (χ0) is 18.1. The minimum atomic E-state index is -0.335. The molecule has 0 aromatic heterocycles. The highest BCUT2D eigenvalue weighted by atomic mass is 35.5. The molecule has 0 spiro atoms. The first-order chi connectivity index (χ1) is 12.7. The molecule has 0 radical (unpaired) electrons. The van der Waals surface area contributed by atoms with E-state index in [0.29, 0.717) is 23.9 Å². The fourth-order valence-corrected chi connectivity index (χ4v) is 4.40. The summed E-state index contributed by atoms with van der Waals surface area (Å²) >= 11 is 0. The largest absolute Gasteiger partial charge is 0.376 e. The van der Waals surface area contributed by atoms with Crippen molar-refractivity contribution in [3.8, 4) is 0 Å². The molecule has 2 aromatic rings. The van der Waals surface area contributed by atoms with Gasteiger partial charge in [0.25, 0.3) is 5.91 Å². The van der Waals surface area contributed by atoms with Crippen LogP contribution in [0.5, 0.6) is 0 Å². The highest BCUT2D eigenvalue weighted by Crippen LogP contribution is 2.50. The van der Waals surface area contributed by atoms with Crippen LogP contribution in [-0.4, -0.2) is 44.1 Å². The van der Waals surface area contributed by atoms with Crippen molar-refractivity contribution in [3.05, 3.63) is 71.0 Å². The van der Waals surface area contributed by atoms with Gasteiger partial charge in [0, 0.05) is 50.7 Å². The molecule has 3 atom stereocenters. The molecule has 2 aromatic carbocycles. The predicted octanol–water partition coefficient (Wildman–Crippen LogP) is 3.39. The van der Waals surface area contributed by atoms with Crippen LogP contribution in [0.1, 0.15) is 33.5 Å². The van der Waals surface area contributed by atoms with E-state index in [-0.39, 0.29) is 30.2 Å². The van der Waals surface area contributed by atoms with Crippen LogP contribution >= 0.6 is 12.4 Å². The average molecular weight is 391 g/mol. The highest BCUT2D eigenvalue weighted by Gasteiger charge is 2.46. The van der Waals surface area contributed by atoms with Gasteiger partial charge in [0.1, 0.15) is 5.82 Å². The zero-order valence-corrected chi connectivity index (χ0v) is 16.0. The Morgan fingerprint density at radius 3 is 2.56 bits per heavy atom. The number of nitrogens with one attached hydrogen (secondary N) is 1. The SMILES string of the molecule is COC1c2ccccc2C2CN(CCNC(=O)c3ccc(F)cc3)CC21.Cl. The summed E-state index contributed by atoms with van der Waals surface area (Å²) in [6.07, 6.45) is 0.162. The van der Waals surface area contributed by atoms with Crippen LogP contribution in [-0.2, 0) is 4.74 Å². The quantitative estimate of drug-likeness (QED) is 0.850. The number of likely N-dealkylation sites (tertiary alicyclic amines) is 1. The van der Waals surface area contributed by atoms with Crippen LogP contribution in [0.4, 0.5) is 4.39 Å². The van der Waals surface area contributed by atoms with Crippen LogP contribution in [0.25, 0.3) is 0 Å². The molecule has 2 aliphatic rings. The molecule has 0 bridgehead atoms. The molecular weight excluding hydrogens is 367 g/mol. The second-order valence-corrected chi connectivity index (χ2v) is 7.08. The molecule has 27 heavy (non-hydrogen) atoms. The first-order valence-corrected chi connectivity index (χ1v) is 9.05. The number of carbonyl (C=O) groups excluding carboxylic acids is 1. The van der Waals surface area contributed by atoms with Crippen molar-refractivity contribution in [2.75, 3.05) is 33.3 Å². The molecule has 4 nitrogen and oxygen atoms in total. The summed E-state index contributed by atoms with van der Waals surface area (Å²) in [7, 11) is 1.79. The number of carbonyl (C=O) groups is 1. The molecule has 1 fully saturated rings. The van der Waals surface area contributed by atoms with Gasteiger partial charge < -0.3 is 15.0 Å². The van der Waals surface area contributed by atoms with Gasteiger partial charge in [-0.3, -0.25) is 4.79 Å². The molecule has 1 aliphatic heterocycles. The fraction of sp³-hybridized carbons (Fsp3) is 0.381. The Hall–Kier alpha value is -1.95. The van der Waals surface area contributed by atoms with E-state index in [1.165, 1.54) is 35.4 Å².